The van der Waals surface area contributed by atoms with Crippen molar-refractivity contribution < 1.29 is 4.79 Å². The molecule has 0 saturated carbocycles. The van der Waals surface area contributed by atoms with E-state index in [4.69, 9.17) is 16.6 Å². The monoisotopic (exact) mass is 415 g/mol. The van der Waals surface area contributed by atoms with Crippen LogP contribution in [-0.2, 0) is 11.2 Å². The van der Waals surface area contributed by atoms with Crippen LogP contribution < -0.4 is 4.90 Å². The average molecular weight is 416 g/mol. The summed E-state index contributed by atoms with van der Waals surface area (Å²) in [6.07, 6.45) is 1.16. The van der Waals surface area contributed by atoms with Gasteiger partial charge in [0.2, 0.25) is 5.91 Å². The van der Waals surface area contributed by atoms with Gasteiger partial charge in [0.1, 0.15) is 0 Å². The molecule has 3 aromatic rings. The molecule has 0 saturated heterocycles. The van der Waals surface area contributed by atoms with Gasteiger partial charge in [-0.25, -0.2) is 4.98 Å². The lowest BCUT2D eigenvalue weighted by Crippen LogP contribution is -2.34. The van der Waals surface area contributed by atoms with Crippen LogP contribution in [0.25, 0.3) is 10.2 Å². The van der Waals surface area contributed by atoms with Crippen LogP contribution >= 0.6 is 22.9 Å². The standard InChI is InChI=1S/C22H26ClN3OS/c1-15-12-16(2)21-19(13-15)24-22(28-21)26(11-7-10-25(3)4)20(27)14-17-8-5-6-9-18(17)23/h5-6,8-9,12-13H,7,10-11,14H2,1-4H3. The van der Waals surface area contributed by atoms with E-state index in [1.807, 2.05) is 43.3 Å². The second-order valence-corrected chi connectivity index (χ2v) is 8.78. The van der Waals surface area contributed by atoms with Crippen LogP contribution in [0.2, 0.25) is 5.02 Å². The summed E-state index contributed by atoms with van der Waals surface area (Å²) in [5, 5.41) is 1.39. The molecular weight excluding hydrogens is 390 g/mol. The van der Waals surface area contributed by atoms with Crippen LogP contribution in [0.15, 0.2) is 36.4 Å². The number of rotatable bonds is 7. The predicted octanol–water partition coefficient (Wildman–Crippen LogP) is 5.09. The number of hydrogen-bond donors (Lipinski definition) is 0. The number of benzene rings is 2. The van der Waals surface area contributed by atoms with E-state index in [0.29, 0.717) is 11.6 Å². The quantitative estimate of drug-likeness (QED) is 0.539. The highest BCUT2D eigenvalue weighted by atomic mass is 35.5. The Labute approximate surface area is 175 Å². The Morgan fingerprint density at radius 2 is 1.89 bits per heavy atom. The van der Waals surface area contributed by atoms with Crippen molar-refractivity contribution in [2.45, 2.75) is 26.7 Å². The number of anilines is 1. The average Bonchev–Trinajstić information content (AvgIpc) is 3.04. The van der Waals surface area contributed by atoms with E-state index in [1.165, 1.54) is 11.1 Å². The van der Waals surface area contributed by atoms with Crippen molar-refractivity contribution in [2.75, 3.05) is 32.1 Å². The zero-order chi connectivity index (χ0) is 20.3. The summed E-state index contributed by atoms with van der Waals surface area (Å²) in [5.41, 5.74) is 4.19. The van der Waals surface area contributed by atoms with Crippen LogP contribution in [0.5, 0.6) is 0 Å². The maximum Gasteiger partial charge on any atom is 0.233 e. The fraction of sp³-hybridized carbons (Fsp3) is 0.364. The van der Waals surface area contributed by atoms with Gasteiger partial charge in [0.15, 0.2) is 5.13 Å². The van der Waals surface area contributed by atoms with E-state index in [9.17, 15) is 4.79 Å². The van der Waals surface area contributed by atoms with Crippen molar-refractivity contribution in [1.29, 1.82) is 0 Å². The van der Waals surface area contributed by atoms with E-state index >= 15 is 0 Å². The van der Waals surface area contributed by atoms with E-state index in [1.54, 1.807) is 11.3 Å². The second kappa shape index (κ2) is 9.03. The highest BCUT2D eigenvalue weighted by Gasteiger charge is 2.21. The first-order valence-corrected chi connectivity index (χ1v) is 10.6. The number of nitrogens with zero attached hydrogens (tertiary/aromatic N) is 3. The topological polar surface area (TPSA) is 36.4 Å². The molecule has 0 fully saturated rings. The molecule has 0 N–H and O–H groups in total. The molecule has 28 heavy (non-hydrogen) atoms. The van der Waals surface area contributed by atoms with Gasteiger partial charge in [-0.2, -0.15) is 0 Å². The summed E-state index contributed by atoms with van der Waals surface area (Å²) in [6, 6.07) is 11.8. The van der Waals surface area contributed by atoms with Crippen molar-refractivity contribution in [2.24, 2.45) is 0 Å². The molecule has 0 bridgehead atoms. The van der Waals surface area contributed by atoms with Crippen molar-refractivity contribution in [3.8, 4) is 0 Å². The van der Waals surface area contributed by atoms with Gasteiger partial charge in [0.05, 0.1) is 16.6 Å². The highest BCUT2D eigenvalue weighted by molar-refractivity contribution is 7.22. The number of fused-ring (bicyclic) bond motifs is 1. The highest BCUT2D eigenvalue weighted by Crippen LogP contribution is 2.32. The third kappa shape index (κ3) is 4.90. The molecule has 3 rings (SSSR count). The number of hydrogen-bond acceptors (Lipinski definition) is 4. The van der Waals surface area contributed by atoms with Crippen LogP contribution in [0, 0.1) is 13.8 Å². The molecule has 4 nitrogen and oxygen atoms in total. The molecule has 148 valence electrons. The normalized spacial score (nSPS) is 11.4. The molecule has 0 atom stereocenters. The minimum absolute atomic E-state index is 0.0280. The summed E-state index contributed by atoms with van der Waals surface area (Å²) in [5.74, 6) is 0.0280. The minimum Gasteiger partial charge on any atom is -0.309 e. The molecule has 6 heteroatoms. The van der Waals surface area contributed by atoms with Gasteiger partial charge in [0.25, 0.3) is 0 Å². The zero-order valence-corrected chi connectivity index (χ0v) is 18.4. The van der Waals surface area contributed by atoms with Crippen LogP contribution in [-0.4, -0.2) is 43.0 Å². The number of carbonyl (C=O) groups is 1. The Bertz CT molecular complexity index is 983. The third-order valence-electron chi connectivity index (χ3n) is 4.63. The zero-order valence-electron chi connectivity index (χ0n) is 16.8. The summed E-state index contributed by atoms with van der Waals surface area (Å²) in [7, 11) is 4.08. The number of aromatic nitrogens is 1. The second-order valence-electron chi connectivity index (χ2n) is 7.40. The molecule has 0 aliphatic carbocycles. The fourth-order valence-corrected chi connectivity index (χ4v) is 4.51. The number of aryl methyl sites for hydroxylation is 2. The SMILES string of the molecule is Cc1cc(C)c2sc(N(CCCN(C)C)C(=O)Cc3ccccc3Cl)nc2c1. The van der Waals surface area contributed by atoms with Crippen molar-refractivity contribution in [1.82, 2.24) is 9.88 Å². The van der Waals surface area contributed by atoms with Gasteiger partial charge in [0, 0.05) is 11.6 Å². The first-order valence-electron chi connectivity index (χ1n) is 9.41. The van der Waals surface area contributed by atoms with Crippen LogP contribution in [0.3, 0.4) is 0 Å². The minimum atomic E-state index is 0.0280. The molecule has 2 aromatic carbocycles. The fourth-order valence-electron chi connectivity index (χ4n) is 3.25. The van der Waals surface area contributed by atoms with Gasteiger partial charge in [-0.15, -0.1) is 0 Å². The maximum absolute atomic E-state index is 13.2. The van der Waals surface area contributed by atoms with Gasteiger partial charge >= 0.3 is 0 Å². The number of amides is 1. The summed E-state index contributed by atoms with van der Waals surface area (Å²) in [6.45, 7) is 5.72. The number of carbonyl (C=O) groups excluding carboxylic acids is 1. The Morgan fingerprint density at radius 3 is 2.61 bits per heavy atom. The predicted molar refractivity (Wildman–Crippen MR) is 120 cm³/mol. The molecule has 1 heterocycles. The maximum atomic E-state index is 13.2. The van der Waals surface area contributed by atoms with Crippen LogP contribution in [0.4, 0.5) is 5.13 Å². The van der Waals surface area contributed by atoms with E-state index in [2.05, 4.69) is 30.9 Å². The van der Waals surface area contributed by atoms with Gasteiger partial charge in [-0.1, -0.05) is 47.2 Å². The van der Waals surface area contributed by atoms with Crippen molar-refractivity contribution in [3.05, 3.63) is 58.1 Å². The molecule has 1 aromatic heterocycles. The largest absolute Gasteiger partial charge is 0.309 e. The smallest absolute Gasteiger partial charge is 0.233 e. The lowest BCUT2D eigenvalue weighted by Gasteiger charge is -2.21. The molecule has 0 aliphatic rings. The Balaban J connectivity index is 1.91. The van der Waals surface area contributed by atoms with Gasteiger partial charge < -0.3 is 4.90 Å². The third-order valence-corrected chi connectivity index (χ3v) is 6.23. The lowest BCUT2D eigenvalue weighted by atomic mass is 10.1. The molecule has 0 radical (unpaired) electrons. The number of thiazole rings is 1. The Kier molecular flexibility index (Phi) is 6.70. The molecule has 1 amide bonds. The molecule has 0 aliphatic heterocycles. The lowest BCUT2D eigenvalue weighted by molar-refractivity contribution is -0.118. The van der Waals surface area contributed by atoms with Crippen molar-refractivity contribution in [3.63, 3.8) is 0 Å². The van der Waals surface area contributed by atoms with Gasteiger partial charge in [-0.3, -0.25) is 9.69 Å². The molecular formula is C22H26ClN3OS. The summed E-state index contributed by atoms with van der Waals surface area (Å²) < 4.78 is 1.14. The summed E-state index contributed by atoms with van der Waals surface area (Å²) in [4.78, 5) is 21.9. The Hall–Kier alpha value is -1.95. The first-order chi connectivity index (χ1) is 13.3. The van der Waals surface area contributed by atoms with E-state index < -0.39 is 0 Å². The number of halogens is 1. The van der Waals surface area contributed by atoms with E-state index in [0.717, 1.165) is 33.9 Å². The molecule has 0 unspecified atom stereocenters. The van der Waals surface area contributed by atoms with Gasteiger partial charge in [-0.05, 0) is 69.7 Å². The summed E-state index contributed by atoms with van der Waals surface area (Å²) >= 11 is 7.87. The van der Waals surface area contributed by atoms with Crippen molar-refractivity contribution >= 4 is 44.2 Å². The molecule has 0 spiro atoms. The van der Waals surface area contributed by atoms with E-state index in [-0.39, 0.29) is 12.3 Å². The Morgan fingerprint density at radius 1 is 1.14 bits per heavy atom. The van der Waals surface area contributed by atoms with Crippen LogP contribution in [0.1, 0.15) is 23.1 Å². The first kappa shape index (κ1) is 20.8.